The van der Waals surface area contributed by atoms with Crippen LogP contribution in [0.4, 0.5) is 0 Å². The minimum absolute atomic E-state index is 0.562. The Balaban J connectivity index is 1.91. The predicted molar refractivity (Wildman–Crippen MR) is 61.4 cm³/mol. The summed E-state index contributed by atoms with van der Waals surface area (Å²) in [6.07, 6.45) is 1.08. The van der Waals surface area contributed by atoms with Gasteiger partial charge in [-0.15, -0.1) is 0 Å². The van der Waals surface area contributed by atoms with E-state index in [1.165, 1.54) is 5.56 Å². The average Bonchev–Trinajstić information content (AvgIpc) is 2.31. The Hall–Kier alpha value is -1.06. The molecule has 0 spiro atoms. The first-order valence-electron chi connectivity index (χ1n) is 5.45. The third-order valence-corrected chi connectivity index (χ3v) is 2.77. The molecule has 0 unspecified atom stereocenters. The van der Waals surface area contributed by atoms with Crippen molar-refractivity contribution in [3.8, 4) is 5.75 Å². The maximum Gasteiger partial charge on any atom is 0.118 e. The van der Waals surface area contributed by atoms with Gasteiger partial charge >= 0.3 is 0 Å². The first-order chi connectivity index (χ1) is 7.38. The highest BCUT2D eigenvalue weighted by molar-refractivity contribution is 5.27. The summed E-state index contributed by atoms with van der Waals surface area (Å²) < 4.78 is 5.13. The van der Waals surface area contributed by atoms with Crippen molar-refractivity contribution < 1.29 is 4.74 Å². The van der Waals surface area contributed by atoms with E-state index in [1.807, 2.05) is 12.1 Å². The van der Waals surface area contributed by atoms with E-state index in [1.54, 1.807) is 7.11 Å². The second-order valence-corrected chi connectivity index (χ2v) is 3.91. The Bertz CT molecular complexity index is 291. The van der Waals surface area contributed by atoms with E-state index in [0.717, 1.165) is 31.8 Å². The van der Waals surface area contributed by atoms with Gasteiger partial charge in [0.15, 0.2) is 0 Å². The second kappa shape index (κ2) is 5.14. The van der Waals surface area contributed by atoms with Crippen LogP contribution in [0.15, 0.2) is 24.3 Å². The molecule has 0 amide bonds. The first kappa shape index (κ1) is 10.5. The van der Waals surface area contributed by atoms with Crippen molar-refractivity contribution in [2.24, 2.45) is 0 Å². The fraction of sp³-hybridized carbons (Fsp3) is 0.500. The highest BCUT2D eigenvalue weighted by atomic mass is 16.5. The van der Waals surface area contributed by atoms with Crippen LogP contribution in [0, 0.1) is 0 Å². The number of nitrogens with one attached hydrogen (secondary N) is 2. The molecule has 2 N–H and O–H groups in total. The lowest BCUT2D eigenvalue weighted by atomic mass is 10.0. The van der Waals surface area contributed by atoms with Crippen molar-refractivity contribution in [1.29, 1.82) is 0 Å². The van der Waals surface area contributed by atoms with E-state index < -0.39 is 0 Å². The van der Waals surface area contributed by atoms with Crippen LogP contribution in [0.25, 0.3) is 0 Å². The molecule has 1 saturated heterocycles. The quantitative estimate of drug-likeness (QED) is 0.767. The molecule has 0 aromatic heterocycles. The van der Waals surface area contributed by atoms with Crippen molar-refractivity contribution in [2.45, 2.75) is 12.5 Å². The Morgan fingerprint density at radius 2 is 2.07 bits per heavy atom. The smallest absolute Gasteiger partial charge is 0.118 e. The standard InChI is InChI=1S/C12H18N2O/c1-15-12-4-2-10(3-5-12)8-11-9-13-6-7-14-11/h2-5,11,13-14H,6-9H2,1H3/t11-/m1/s1. The van der Waals surface area contributed by atoms with Gasteiger partial charge in [0.1, 0.15) is 5.75 Å². The van der Waals surface area contributed by atoms with Crippen LogP contribution in [0.1, 0.15) is 5.56 Å². The Morgan fingerprint density at radius 3 is 2.67 bits per heavy atom. The zero-order valence-corrected chi connectivity index (χ0v) is 9.12. The highest BCUT2D eigenvalue weighted by Crippen LogP contribution is 2.12. The van der Waals surface area contributed by atoms with Gasteiger partial charge in [0, 0.05) is 25.7 Å². The van der Waals surface area contributed by atoms with Gasteiger partial charge in [0.2, 0.25) is 0 Å². The number of benzene rings is 1. The van der Waals surface area contributed by atoms with E-state index in [2.05, 4.69) is 22.8 Å². The molecule has 1 aromatic rings. The van der Waals surface area contributed by atoms with E-state index in [9.17, 15) is 0 Å². The molecule has 3 nitrogen and oxygen atoms in total. The topological polar surface area (TPSA) is 33.3 Å². The summed E-state index contributed by atoms with van der Waals surface area (Å²) in [5.74, 6) is 0.925. The molecular weight excluding hydrogens is 188 g/mol. The van der Waals surface area contributed by atoms with Gasteiger partial charge in [-0.05, 0) is 24.1 Å². The summed E-state index contributed by atoms with van der Waals surface area (Å²) in [6.45, 7) is 3.21. The molecule has 1 atom stereocenters. The van der Waals surface area contributed by atoms with Crippen molar-refractivity contribution >= 4 is 0 Å². The molecule has 1 aliphatic rings. The Labute approximate surface area is 90.8 Å². The summed E-state index contributed by atoms with van der Waals surface area (Å²) in [7, 11) is 1.70. The van der Waals surface area contributed by atoms with Gasteiger partial charge in [-0.1, -0.05) is 12.1 Å². The number of ether oxygens (including phenoxy) is 1. The van der Waals surface area contributed by atoms with Crippen molar-refractivity contribution in [1.82, 2.24) is 10.6 Å². The summed E-state index contributed by atoms with van der Waals surface area (Å²) in [6, 6.07) is 8.87. The molecule has 3 heteroatoms. The van der Waals surface area contributed by atoms with Crippen LogP contribution >= 0.6 is 0 Å². The molecule has 82 valence electrons. The van der Waals surface area contributed by atoms with Gasteiger partial charge in [-0.3, -0.25) is 0 Å². The molecule has 0 aliphatic carbocycles. The number of piperazine rings is 1. The fourth-order valence-electron chi connectivity index (χ4n) is 1.90. The van der Waals surface area contributed by atoms with Crippen LogP contribution in [0.5, 0.6) is 5.75 Å². The number of hydrogen-bond acceptors (Lipinski definition) is 3. The van der Waals surface area contributed by atoms with Gasteiger partial charge in [-0.2, -0.15) is 0 Å². The maximum absolute atomic E-state index is 5.13. The number of hydrogen-bond donors (Lipinski definition) is 2. The Kier molecular flexibility index (Phi) is 3.59. The zero-order chi connectivity index (χ0) is 10.5. The molecule has 0 bridgehead atoms. The lowest BCUT2D eigenvalue weighted by Crippen LogP contribution is -2.49. The van der Waals surface area contributed by atoms with Crippen LogP contribution < -0.4 is 15.4 Å². The molecule has 0 saturated carbocycles. The van der Waals surface area contributed by atoms with Crippen molar-refractivity contribution in [3.05, 3.63) is 29.8 Å². The summed E-state index contributed by atoms with van der Waals surface area (Å²) in [5.41, 5.74) is 1.36. The Morgan fingerprint density at radius 1 is 1.27 bits per heavy atom. The molecule has 1 aromatic carbocycles. The SMILES string of the molecule is COc1ccc(C[C@@H]2CNCCN2)cc1. The number of rotatable bonds is 3. The van der Waals surface area contributed by atoms with Gasteiger partial charge in [0.25, 0.3) is 0 Å². The van der Waals surface area contributed by atoms with Crippen LogP contribution in [0.2, 0.25) is 0 Å². The third-order valence-electron chi connectivity index (χ3n) is 2.77. The predicted octanol–water partition coefficient (Wildman–Crippen LogP) is 0.799. The molecule has 2 rings (SSSR count). The average molecular weight is 206 g/mol. The van der Waals surface area contributed by atoms with Gasteiger partial charge in [-0.25, -0.2) is 0 Å². The minimum Gasteiger partial charge on any atom is -0.497 e. The summed E-state index contributed by atoms with van der Waals surface area (Å²) in [5, 5.41) is 6.89. The first-order valence-corrected chi connectivity index (χ1v) is 5.45. The monoisotopic (exact) mass is 206 g/mol. The van der Waals surface area contributed by atoms with Gasteiger partial charge < -0.3 is 15.4 Å². The fourth-order valence-corrected chi connectivity index (χ4v) is 1.90. The van der Waals surface area contributed by atoms with Gasteiger partial charge in [0.05, 0.1) is 7.11 Å². The normalized spacial score (nSPS) is 21.3. The largest absolute Gasteiger partial charge is 0.497 e. The second-order valence-electron chi connectivity index (χ2n) is 3.91. The van der Waals surface area contributed by atoms with Crippen LogP contribution in [-0.2, 0) is 6.42 Å². The van der Waals surface area contributed by atoms with E-state index in [-0.39, 0.29) is 0 Å². The molecular formula is C12H18N2O. The maximum atomic E-state index is 5.13. The zero-order valence-electron chi connectivity index (χ0n) is 9.12. The van der Waals surface area contributed by atoms with E-state index in [0.29, 0.717) is 6.04 Å². The summed E-state index contributed by atoms with van der Waals surface area (Å²) >= 11 is 0. The number of methoxy groups -OCH3 is 1. The molecule has 15 heavy (non-hydrogen) atoms. The highest BCUT2D eigenvalue weighted by Gasteiger charge is 2.11. The minimum atomic E-state index is 0.562. The third kappa shape index (κ3) is 2.94. The van der Waals surface area contributed by atoms with Crippen molar-refractivity contribution in [3.63, 3.8) is 0 Å². The van der Waals surface area contributed by atoms with Crippen LogP contribution in [0.3, 0.4) is 0 Å². The van der Waals surface area contributed by atoms with Crippen molar-refractivity contribution in [2.75, 3.05) is 26.7 Å². The van der Waals surface area contributed by atoms with Crippen LogP contribution in [-0.4, -0.2) is 32.8 Å². The molecule has 1 heterocycles. The lowest BCUT2D eigenvalue weighted by molar-refractivity contribution is 0.411. The molecule has 1 aliphatic heterocycles. The lowest BCUT2D eigenvalue weighted by Gasteiger charge is -2.24. The van der Waals surface area contributed by atoms with E-state index >= 15 is 0 Å². The summed E-state index contributed by atoms with van der Waals surface area (Å²) in [4.78, 5) is 0. The molecule has 1 fully saturated rings. The molecule has 0 radical (unpaired) electrons. The van der Waals surface area contributed by atoms with E-state index in [4.69, 9.17) is 4.74 Å².